The maximum Gasteiger partial charge on any atom is 0.401 e. The number of nitrogens with zero attached hydrogens (tertiary/aromatic N) is 3. The van der Waals surface area contributed by atoms with Crippen LogP contribution in [0.25, 0.3) is 10.9 Å². The van der Waals surface area contributed by atoms with E-state index in [4.69, 9.17) is 0 Å². The number of carbonyl (C=O) groups is 1. The summed E-state index contributed by atoms with van der Waals surface area (Å²) in [4.78, 5) is 15.8. The number of benzene rings is 1. The highest BCUT2D eigenvalue weighted by molar-refractivity contribution is 9.10. The minimum Gasteiger partial charge on any atom is -0.350 e. The number of carbonyl (C=O) groups excluding carboxylic acids is 1. The lowest BCUT2D eigenvalue weighted by Crippen LogP contribution is -2.50. The van der Waals surface area contributed by atoms with Crippen molar-refractivity contribution >= 4 is 32.7 Å². The molecule has 4 nitrogen and oxygen atoms in total. The van der Waals surface area contributed by atoms with Gasteiger partial charge in [-0.2, -0.15) is 13.2 Å². The number of alkyl halides is 3. The summed E-state index contributed by atoms with van der Waals surface area (Å²) >= 11 is 3.41. The molecule has 1 aromatic heterocycles. The van der Waals surface area contributed by atoms with Gasteiger partial charge in [0, 0.05) is 54.8 Å². The van der Waals surface area contributed by atoms with E-state index < -0.39 is 12.7 Å². The summed E-state index contributed by atoms with van der Waals surface area (Å²) < 4.78 is 40.1. The molecular weight excluding hydrogens is 387 g/mol. The molecule has 24 heavy (non-hydrogen) atoms. The van der Waals surface area contributed by atoms with Crippen molar-refractivity contribution in [3.05, 3.63) is 34.4 Å². The second kappa shape index (κ2) is 6.40. The molecule has 0 unspecified atom stereocenters. The third-order valence-electron chi connectivity index (χ3n) is 4.24. The Kier molecular flexibility index (Phi) is 4.61. The lowest BCUT2D eigenvalue weighted by Gasteiger charge is -2.34. The Morgan fingerprint density at radius 2 is 1.88 bits per heavy atom. The van der Waals surface area contributed by atoms with Gasteiger partial charge in [0.1, 0.15) is 0 Å². The van der Waals surface area contributed by atoms with Crippen molar-refractivity contribution in [3.63, 3.8) is 0 Å². The Morgan fingerprint density at radius 3 is 2.50 bits per heavy atom. The van der Waals surface area contributed by atoms with Crippen LogP contribution in [0.2, 0.25) is 0 Å². The monoisotopic (exact) mass is 403 g/mol. The van der Waals surface area contributed by atoms with Crippen LogP contribution < -0.4 is 0 Å². The number of halogens is 4. The smallest absolute Gasteiger partial charge is 0.350 e. The molecule has 1 aliphatic heterocycles. The molecule has 0 radical (unpaired) electrons. The van der Waals surface area contributed by atoms with Crippen molar-refractivity contribution in [3.8, 4) is 0 Å². The maximum absolute atomic E-state index is 12.8. The topological polar surface area (TPSA) is 28.5 Å². The van der Waals surface area contributed by atoms with E-state index in [1.165, 1.54) is 4.90 Å². The molecular formula is C16H17BrF3N3O. The van der Waals surface area contributed by atoms with Gasteiger partial charge in [0.15, 0.2) is 0 Å². The SMILES string of the molecule is Cn1cc(C(=O)N2CCN(CC(F)(F)F)CC2)c2cc(Br)ccc21. The van der Waals surface area contributed by atoms with E-state index in [1.54, 1.807) is 11.1 Å². The summed E-state index contributed by atoms with van der Waals surface area (Å²) in [6.45, 7) is 0.161. The normalized spacial score (nSPS) is 16.8. The van der Waals surface area contributed by atoms with E-state index in [-0.39, 0.29) is 19.0 Å². The molecule has 2 aromatic rings. The maximum atomic E-state index is 12.8. The number of piperazine rings is 1. The van der Waals surface area contributed by atoms with Crippen LogP contribution in [0.15, 0.2) is 28.9 Å². The lowest BCUT2D eigenvalue weighted by molar-refractivity contribution is -0.148. The van der Waals surface area contributed by atoms with Gasteiger partial charge in [0.25, 0.3) is 5.91 Å². The summed E-state index contributed by atoms with van der Waals surface area (Å²) in [6, 6.07) is 5.73. The zero-order valence-electron chi connectivity index (χ0n) is 13.1. The second-order valence-electron chi connectivity index (χ2n) is 6.00. The number of hydrogen-bond acceptors (Lipinski definition) is 2. The Bertz CT molecular complexity index is 764. The number of aryl methyl sites for hydroxylation is 1. The first-order chi connectivity index (χ1) is 11.2. The minimum atomic E-state index is -4.20. The Hall–Kier alpha value is -1.54. The molecule has 0 saturated carbocycles. The summed E-state index contributed by atoms with van der Waals surface area (Å²) in [5.74, 6) is -0.134. The van der Waals surface area contributed by atoms with Gasteiger partial charge in [-0.25, -0.2) is 0 Å². The average molecular weight is 404 g/mol. The fourth-order valence-corrected chi connectivity index (χ4v) is 3.43. The zero-order valence-corrected chi connectivity index (χ0v) is 14.7. The van der Waals surface area contributed by atoms with Gasteiger partial charge >= 0.3 is 6.18 Å². The van der Waals surface area contributed by atoms with E-state index in [1.807, 2.05) is 29.8 Å². The molecule has 0 spiro atoms. The molecule has 2 heterocycles. The second-order valence-corrected chi connectivity index (χ2v) is 6.91. The molecule has 130 valence electrons. The standard InChI is InChI=1S/C16H17BrF3N3O/c1-21-9-13(12-8-11(17)2-3-14(12)21)15(24)23-6-4-22(5-7-23)10-16(18,19)20/h2-3,8-9H,4-7,10H2,1H3. The van der Waals surface area contributed by atoms with Crippen LogP contribution in [0.3, 0.4) is 0 Å². The van der Waals surface area contributed by atoms with Gasteiger partial charge in [-0.1, -0.05) is 15.9 Å². The summed E-state index contributed by atoms with van der Waals surface area (Å²) in [5, 5.41) is 0.842. The highest BCUT2D eigenvalue weighted by Gasteiger charge is 2.33. The molecule has 0 bridgehead atoms. The number of rotatable bonds is 2. The zero-order chi connectivity index (χ0) is 17.5. The van der Waals surface area contributed by atoms with Crippen LogP contribution in [0.5, 0.6) is 0 Å². The van der Waals surface area contributed by atoms with Crippen molar-refractivity contribution < 1.29 is 18.0 Å². The van der Waals surface area contributed by atoms with E-state index in [9.17, 15) is 18.0 Å². The molecule has 0 atom stereocenters. The van der Waals surface area contributed by atoms with Gasteiger partial charge in [0.05, 0.1) is 12.1 Å². The first kappa shape index (κ1) is 17.3. The number of aromatic nitrogens is 1. The first-order valence-corrected chi connectivity index (χ1v) is 8.37. The molecule has 8 heteroatoms. The molecule has 1 fully saturated rings. The largest absolute Gasteiger partial charge is 0.401 e. The molecule has 0 N–H and O–H groups in total. The fraction of sp³-hybridized carbons (Fsp3) is 0.438. The molecule has 3 rings (SSSR count). The van der Waals surface area contributed by atoms with Gasteiger partial charge in [0.2, 0.25) is 0 Å². The summed E-state index contributed by atoms with van der Waals surface area (Å²) in [6.07, 6.45) is -2.42. The van der Waals surface area contributed by atoms with Gasteiger partial charge in [-0.3, -0.25) is 9.69 Å². The first-order valence-electron chi connectivity index (χ1n) is 7.57. The number of amides is 1. The van der Waals surface area contributed by atoms with Gasteiger partial charge < -0.3 is 9.47 Å². The summed E-state index contributed by atoms with van der Waals surface area (Å²) in [5.41, 5.74) is 1.52. The Labute approximate surface area is 145 Å². The van der Waals surface area contributed by atoms with Gasteiger partial charge in [-0.05, 0) is 18.2 Å². The van der Waals surface area contributed by atoms with Crippen molar-refractivity contribution in [1.82, 2.24) is 14.4 Å². The Morgan fingerprint density at radius 1 is 1.21 bits per heavy atom. The van der Waals surface area contributed by atoms with Crippen molar-refractivity contribution in [2.24, 2.45) is 7.05 Å². The molecule has 1 amide bonds. The predicted octanol–water partition coefficient (Wildman–Crippen LogP) is 3.26. The van der Waals surface area contributed by atoms with Crippen molar-refractivity contribution in [1.29, 1.82) is 0 Å². The van der Waals surface area contributed by atoms with E-state index >= 15 is 0 Å². The molecule has 1 aromatic carbocycles. The van der Waals surface area contributed by atoms with Crippen LogP contribution in [0, 0.1) is 0 Å². The van der Waals surface area contributed by atoms with E-state index in [0.717, 1.165) is 15.4 Å². The van der Waals surface area contributed by atoms with Crippen LogP contribution in [0.1, 0.15) is 10.4 Å². The fourth-order valence-electron chi connectivity index (χ4n) is 3.07. The van der Waals surface area contributed by atoms with Gasteiger partial charge in [-0.15, -0.1) is 0 Å². The van der Waals surface area contributed by atoms with E-state index in [2.05, 4.69) is 15.9 Å². The third kappa shape index (κ3) is 3.59. The molecule has 1 aliphatic rings. The number of fused-ring (bicyclic) bond motifs is 1. The summed E-state index contributed by atoms with van der Waals surface area (Å²) in [7, 11) is 1.87. The van der Waals surface area contributed by atoms with Crippen molar-refractivity contribution in [2.45, 2.75) is 6.18 Å². The minimum absolute atomic E-state index is 0.134. The highest BCUT2D eigenvalue weighted by atomic mass is 79.9. The number of hydrogen-bond donors (Lipinski definition) is 0. The quantitative estimate of drug-likeness (QED) is 0.769. The lowest BCUT2D eigenvalue weighted by atomic mass is 10.1. The van der Waals surface area contributed by atoms with Crippen LogP contribution in [0.4, 0.5) is 13.2 Å². The van der Waals surface area contributed by atoms with Crippen LogP contribution >= 0.6 is 15.9 Å². The Balaban J connectivity index is 1.76. The van der Waals surface area contributed by atoms with E-state index in [0.29, 0.717) is 18.7 Å². The highest BCUT2D eigenvalue weighted by Crippen LogP contribution is 2.26. The predicted molar refractivity (Wildman–Crippen MR) is 89.0 cm³/mol. The van der Waals surface area contributed by atoms with Crippen molar-refractivity contribution in [2.75, 3.05) is 32.7 Å². The third-order valence-corrected chi connectivity index (χ3v) is 4.74. The average Bonchev–Trinajstić information content (AvgIpc) is 2.82. The van der Waals surface area contributed by atoms with Crippen LogP contribution in [-0.2, 0) is 7.05 Å². The molecule has 1 saturated heterocycles. The molecule has 0 aliphatic carbocycles. The van der Waals surface area contributed by atoms with Crippen LogP contribution in [-0.4, -0.2) is 59.2 Å².